The van der Waals surface area contributed by atoms with Crippen LogP contribution in [-0.4, -0.2) is 26.3 Å². The molecule has 54 valence electrons. The third-order valence-corrected chi connectivity index (χ3v) is 1.31. The van der Waals surface area contributed by atoms with Crippen LogP contribution in [0.4, 0.5) is 0 Å². The van der Waals surface area contributed by atoms with Crippen LogP contribution < -0.4 is 0 Å². The Morgan fingerprint density at radius 3 is 3.00 bits per heavy atom. The molecule has 0 aliphatic carbocycles. The van der Waals surface area contributed by atoms with E-state index in [1.807, 2.05) is 0 Å². The van der Waals surface area contributed by atoms with Crippen molar-refractivity contribution in [2.45, 2.75) is 19.4 Å². The van der Waals surface area contributed by atoms with Crippen LogP contribution in [0.25, 0.3) is 0 Å². The van der Waals surface area contributed by atoms with E-state index in [1.54, 1.807) is 0 Å². The normalized spacial score (nSPS) is 29.7. The zero-order valence-corrected chi connectivity index (χ0v) is 5.63. The van der Waals surface area contributed by atoms with Gasteiger partial charge in [-0.05, 0) is 6.42 Å². The van der Waals surface area contributed by atoms with E-state index in [2.05, 4.69) is 6.92 Å². The smallest absolute Gasteiger partial charge is 0.150 e. The highest BCUT2D eigenvalue weighted by Crippen LogP contribution is 2.02. The van der Waals surface area contributed by atoms with Crippen molar-refractivity contribution in [1.82, 2.24) is 0 Å². The number of rotatable bonds is 1. The summed E-state index contributed by atoms with van der Waals surface area (Å²) < 4.78 is 15.1. The van der Waals surface area contributed by atoms with Gasteiger partial charge in [0.15, 0.2) is 0 Å². The van der Waals surface area contributed by atoms with E-state index in [0.717, 1.165) is 6.42 Å². The predicted octanol–water partition coefficient (Wildman–Crippen LogP) is 0.743. The third kappa shape index (κ3) is 2.30. The number of hydrogen-bond acceptors (Lipinski definition) is 3. The maximum Gasteiger partial charge on any atom is 0.150 e. The molecular weight excluding hydrogens is 120 g/mol. The Balaban J connectivity index is 2.18. The van der Waals surface area contributed by atoms with Gasteiger partial charge >= 0.3 is 0 Å². The van der Waals surface area contributed by atoms with Crippen molar-refractivity contribution in [2.75, 3.05) is 20.2 Å². The van der Waals surface area contributed by atoms with Crippen LogP contribution in [0.3, 0.4) is 0 Å². The standard InChI is InChI=1S/C6H12O3/c1-2-6-3-7-4-8-5-9-6/h6H,2-5H2,1H3. The van der Waals surface area contributed by atoms with Gasteiger partial charge in [0, 0.05) is 0 Å². The summed E-state index contributed by atoms with van der Waals surface area (Å²) in [6, 6.07) is 0. The van der Waals surface area contributed by atoms with Crippen molar-refractivity contribution in [3.8, 4) is 0 Å². The summed E-state index contributed by atoms with van der Waals surface area (Å²) in [4.78, 5) is 0. The van der Waals surface area contributed by atoms with Crippen LogP contribution in [-0.2, 0) is 14.2 Å². The first-order valence-corrected chi connectivity index (χ1v) is 3.20. The number of hydrogen-bond donors (Lipinski definition) is 0. The average Bonchev–Trinajstić information content (AvgIpc) is 2.13. The summed E-state index contributed by atoms with van der Waals surface area (Å²) in [6.07, 6.45) is 1.22. The molecule has 0 N–H and O–H groups in total. The van der Waals surface area contributed by atoms with Crippen LogP contribution in [0.15, 0.2) is 0 Å². The molecule has 0 aromatic rings. The Hall–Kier alpha value is -0.120. The first kappa shape index (κ1) is 6.99. The van der Waals surface area contributed by atoms with E-state index in [4.69, 9.17) is 14.2 Å². The van der Waals surface area contributed by atoms with Gasteiger partial charge in [0.25, 0.3) is 0 Å². The molecule has 0 radical (unpaired) electrons. The van der Waals surface area contributed by atoms with Gasteiger partial charge in [-0.2, -0.15) is 0 Å². The van der Waals surface area contributed by atoms with E-state index in [9.17, 15) is 0 Å². The summed E-state index contributed by atoms with van der Waals surface area (Å²) in [7, 11) is 0. The molecule has 1 aliphatic heterocycles. The van der Waals surface area contributed by atoms with E-state index in [1.165, 1.54) is 0 Å². The fourth-order valence-electron chi connectivity index (χ4n) is 0.701. The molecule has 9 heavy (non-hydrogen) atoms. The molecule has 1 fully saturated rings. The van der Waals surface area contributed by atoms with Crippen LogP contribution in [0, 0.1) is 0 Å². The van der Waals surface area contributed by atoms with Crippen LogP contribution in [0.2, 0.25) is 0 Å². The molecule has 1 unspecified atom stereocenters. The lowest BCUT2D eigenvalue weighted by Crippen LogP contribution is -2.15. The maximum atomic E-state index is 5.20. The molecule has 3 nitrogen and oxygen atoms in total. The lowest BCUT2D eigenvalue weighted by atomic mass is 10.3. The highest BCUT2D eigenvalue weighted by atomic mass is 16.8. The fourth-order valence-corrected chi connectivity index (χ4v) is 0.701. The molecule has 0 saturated carbocycles. The third-order valence-electron chi connectivity index (χ3n) is 1.31. The topological polar surface area (TPSA) is 27.7 Å². The Morgan fingerprint density at radius 2 is 2.22 bits per heavy atom. The SMILES string of the molecule is CCC1COCOCO1. The summed E-state index contributed by atoms with van der Waals surface area (Å²) in [5.74, 6) is 0. The molecule has 0 amide bonds. The Labute approximate surface area is 54.9 Å². The summed E-state index contributed by atoms with van der Waals surface area (Å²) in [5, 5.41) is 0. The molecule has 0 spiro atoms. The second-order valence-corrected chi connectivity index (χ2v) is 2.01. The highest BCUT2D eigenvalue weighted by Gasteiger charge is 2.09. The molecule has 0 aromatic carbocycles. The molecule has 1 heterocycles. The Morgan fingerprint density at radius 1 is 1.33 bits per heavy atom. The first-order chi connectivity index (χ1) is 4.43. The molecule has 0 aromatic heterocycles. The molecule has 1 atom stereocenters. The van der Waals surface area contributed by atoms with Crippen molar-refractivity contribution < 1.29 is 14.2 Å². The minimum absolute atomic E-state index is 0.229. The molecule has 0 bridgehead atoms. The van der Waals surface area contributed by atoms with Gasteiger partial charge in [-0.15, -0.1) is 0 Å². The van der Waals surface area contributed by atoms with Crippen molar-refractivity contribution in [3.63, 3.8) is 0 Å². The van der Waals surface area contributed by atoms with Gasteiger partial charge in [0.1, 0.15) is 13.6 Å². The zero-order valence-electron chi connectivity index (χ0n) is 5.63. The van der Waals surface area contributed by atoms with Crippen molar-refractivity contribution >= 4 is 0 Å². The van der Waals surface area contributed by atoms with Crippen molar-refractivity contribution in [2.24, 2.45) is 0 Å². The van der Waals surface area contributed by atoms with Gasteiger partial charge in [-0.25, -0.2) is 0 Å². The fraction of sp³-hybridized carbons (Fsp3) is 1.00. The second kappa shape index (κ2) is 3.82. The summed E-state index contributed by atoms with van der Waals surface area (Å²) >= 11 is 0. The van der Waals surface area contributed by atoms with E-state index in [-0.39, 0.29) is 6.10 Å². The van der Waals surface area contributed by atoms with Crippen LogP contribution >= 0.6 is 0 Å². The average molecular weight is 132 g/mol. The van der Waals surface area contributed by atoms with Crippen LogP contribution in [0.5, 0.6) is 0 Å². The maximum absolute atomic E-state index is 5.20. The van der Waals surface area contributed by atoms with E-state index in [0.29, 0.717) is 20.2 Å². The monoisotopic (exact) mass is 132 g/mol. The lowest BCUT2D eigenvalue weighted by Gasteiger charge is -2.08. The molecule has 1 saturated heterocycles. The van der Waals surface area contributed by atoms with Crippen LogP contribution in [0.1, 0.15) is 13.3 Å². The predicted molar refractivity (Wildman–Crippen MR) is 31.9 cm³/mol. The second-order valence-electron chi connectivity index (χ2n) is 2.01. The minimum Gasteiger partial charge on any atom is -0.353 e. The first-order valence-electron chi connectivity index (χ1n) is 3.20. The lowest BCUT2D eigenvalue weighted by molar-refractivity contribution is -0.0860. The minimum atomic E-state index is 0.229. The van der Waals surface area contributed by atoms with Crippen molar-refractivity contribution in [1.29, 1.82) is 0 Å². The van der Waals surface area contributed by atoms with Gasteiger partial charge in [0.2, 0.25) is 0 Å². The molecule has 3 heteroatoms. The number of ether oxygens (including phenoxy) is 3. The molecule has 1 aliphatic rings. The van der Waals surface area contributed by atoms with E-state index >= 15 is 0 Å². The highest BCUT2D eigenvalue weighted by molar-refractivity contribution is 4.51. The Bertz CT molecular complexity index is 66.7. The summed E-state index contributed by atoms with van der Waals surface area (Å²) in [5.41, 5.74) is 0. The van der Waals surface area contributed by atoms with Gasteiger partial charge in [-0.1, -0.05) is 6.92 Å². The molecule has 1 rings (SSSR count). The quantitative estimate of drug-likeness (QED) is 0.526. The van der Waals surface area contributed by atoms with E-state index < -0.39 is 0 Å². The zero-order chi connectivity index (χ0) is 6.53. The Kier molecular flexibility index (Phi) is 2.97. The van der Waals surface area contributed by atoms with Gasteiger partial charge in [-0.3, -0.25) is 0 Å². The summed E-state index contributed by atoms with van der Waals surface area (Å²) in [6.45, 7) is 3.48. The van der Waals surface area contributed by atoms with Gasteiger partial charge in [0.05, 0.1) is 12.7 Å². The van der Waals surface area contributed by atoms with Crippen molar-refractivity contribution in [3.05, 3.63) is 0 Å². The van der Waals surface area contributed by atoms with Gasteiger partial charge < -0.3 is 14.2 Å². The molecular formula is C6H12O3. The largest absolute Gasteiger partial charge is 0.353 e.